The van der Waals surface area contributed by atoms with E-state index in [9.17, 15) is 4.79 Å². The number of carbonyl (C=O) groups excluding carboxylic acids is 1. The fourth-order valence-corrected chi connectivity index (χ4v) is 5.15. The third-order valence-corrected chi connectivity index (χ3v) is 6.48. The molecular weight excluding hydrogens is 438 g/mol. The summed E-state index contributed by atoms with van der Waals surface area (Å²) in [6, 6.07) is 16.0. The molecule has 0 aliphatic carbocycles. The van der Waals surface area contributed by atoms with Gasteiger partial charge in [0.25, 0.3) is 5.91 Å². The highest BCUT2D eigenvalue weighted by Crippen LogP contribution is 2.36. The van der Waals surface area contributed by atoms with Crippen LogP contribution in [0.5, 0.6) is 5.75 Å². The molecule has 2 heterocycles. The number of para-hydroxylation sites is 1. The Labute approximate surface area is 198 Å². The lowest BCUT2D eigenvalue weighted by Crippen LogP contribution is -2.34. The van der Waals surface area contributed by atoms with Crippen LogP contribution in [0.3, 0.4) is 0 Å². The maximum atomic E-state index is 13.0. The normalized spacial score (nSPS) is 15.3. The fourth-order valence-electron chi connectivity index (χ4n) is 3.64. The van der Waals surface area contributed by atoms with Crippen LogP contribution in [0.2, 0.25) is 0 Å². The van der Waals surface area contributed by atoms with E-state index in [0.29, 0.717) is 15.8 Å². The number of thioether (sulfide) groups is 1. The van der Waals surface area contributed by atoms with Gasteiger partial charge in [-0.2, -0.15) is 5.10 Å². The van der Waals surface area contributed by atoms with Gasteiger partial charge in [-0.15, -0.1) is 0 Å². The van der Waals surface area contributed by atoms with Gasteiger partial charge in [-0.3, -0.25) is 9.69 Å². The fraction of sp³-hybridized carbons (Fsp3) is 0.240. The summed E-state index contributed by atoms with van der Waals surface area (Å²) in [4.78, 5) is 15.2. The van der Waals surface area contributed by atoms with Gasteiger partial charge in [0.15, 0.2) is 0 Å². The highest BCUT2D eigenvalue weighted by atomic mass is 32.2. The van der Waals surface area contributed by atoms with E-state index in [1.807, 2.05) is 93.2 Å². The van der Waals surface area contributed by atoms with Crippen LogP contribution < -0.4 is 4.74 Å². The molecule has 1 fully saturated rings. The number of nitrogens with zero attached hydrogens (tertiary/aromatic N) is 3. The zero-order valence-corrected chi connectivity index (χ0v) is 20.2. The van der Waals surface area contributed by atoms with Gasteiger partial charge in [-0.1, -0.05) is 42.2 Å². The first-order chi connectivity index (χ1) is 15.4. The predicted molar refractivity (Wildman–Crippen MR) is 135 cm³/mol. The summed E-state index contributed by atoms with van der Waals surface area (Å²) in [7, 11) is 0. The molecule has 0 N–H and O–H groups in total. The van der Waals surface area contributed by atoms with Crippen molar-refractivity contribution < 1.29 is 9.53 Å². The molecule has 1 aliphatic rings. The molecule has 4 rings (SSSR count). The number of aromatic nitrogens is 2. The highest BCUT2D eigenvalue weighted by Gasteiger charge is 2.34. The minimum absolute atomic E-state index is 0.0215. The number of rotatable bonds is 6. The van der Waals surface area contributed by atoms with Crippen LogP contribution in [-0.2, 0) is 4.79 Å². The molecule has 1 saturated heterocycles. The minimum Gasteiger partial charge on any atom is -0.494 e. The Morgan fingerprint density at radius 3 is 2.56 bits per heavy atom. The summed E-state index contributed by atoms with van der Waals surface area (Å²) in [5, 5.41) is 4.89. The predicted octanol–water partition coefficient (Wildman–Crippen LogP) is 5.86. The number of ether oxygens (including phenoxy) is 1. The zero-order valence-electron chi connectivity index (χ0n) is 18.5. The maximum Gasteiger partial charge on any atom is 0.266 e. The van der Waals surface area contributed by atoms with E-state index in [2.05, 4.69) is 0 Å². The van der Waals surface area contributed by atoms with Gasteiger partial charge in [-0.25, -0.2) is 4.68 Å². The third-order valence-electron chi connectivity index (χ3n) is 5.15. The molecule has 0 radical (unpaired) electrons. The first kappa shape index (κ1) is 22.3. The summed E-state index contributed by atoms with van der Waals surface area (Å²) in [5.74, 6) is 0.771. The van der Waals surface area contributed by atoms with Crippen molar-refractivity contribution in [3.8, 4) is 22.7 Å². The molecule has 0 atom stereocenters. The van der Waals surface area contributed by atoms with E-state index in [1.165, 1.54) is 11.8 Å². The number of thiocarbonyl (C=S) groups is 1. The lowest BCUT2D eigenvalue weighted by atomic mass is 10.0. The maximum absolute atomic E-state index is 13.0. The SMILES string of the molecule is CCOc1ccc(-c2nn(-c3ccccc3)cc2/C=C2\SC(=S)N(C(C)C)C2=O)c(C)c1. The molecule has 7 heteroatoms. The summed E-state index contributed by atoms with van der Waals surface area (Å²) < 4.78 is 8.08. The van der Waals surface area contributed by atoms with Gasteiger partial charge in [0.2, 0.25) is 0 Å². The quantitative estimate of drug-likeness (QED) is 0.339. The van der Waals surface area contributed by atoms with E-state index in [-0.39, 0.29) is 11.9 Å². The number of hydrogen-bond donors (Lipinski definition) is 0. The molecule has 0 unspecified atom stereocenters. The first-order valence-corrected chi connectivity index (χ1v) is 11.8. The van der Waals surface area contributed by atoms with Crippen molar-refractivity contribution in [1.82, 2.24) is 14.7 Å². The highest BCUT2D eigenvalue weighted by molar-refractivity contribution is 8.26. The molecule has 0 bridgehead atoms. The number of hydrogen-bond acceptors (Lipinski definition) is 5. The van der Waals surface area contributed by atoms with Crippen molar-refractivity contribution in [3.63, 3.8) is 0 Å². The van der Waals surface area contributed by atoms with Crippen molar-refractivity contribution >= 4 is 40.3 Å². The molecular formula is C25H25N3O2S2. The number of benzene rings is 2. The van der Waals surface area contributed by atoms with Gasteiger partial charge in [0.1, 0.15) is 15.8 Å². The molecule has 32 heavy (non-hydrogen) atoms. The number of carbonyl (C=O) groups is 1. The average molecular weight is 464 g/mol. The van der Waals surface area contributed by atoms with Crippen molar-refractivity contribution in [2.24, 2.45) is 0 Å². The molecule has 0 spiro atoms. The number of aryl methyl sites for hydroxylation is 1. The first-order valence-electron chi connectivity index (χ1n) is 10.5. The minimum atomic E-state index is -0.0585. The second-order valence-corrected chi connectivity index (χ2v) is 9.44. The van der Waals surface area contributed by atoms with Gasteiger partial charge in [0.05, 0.1) is 17.2 Å². The van der Waals surface area contributed by atoms with E-state index in [1.54, 1.807) is 4.90 Å². The van der Waals surface area contributed by atoms with Gasteiger partial charge >= 0.3 is 0 Å². The van der Waals surface area contributed by atoms with Crippen LogP contribution in [-0.4, -0.2) is 37.6 Å². The van der Waals surface area contributed by atoms with Crippen LogP contribution in [0.25, 0.3) is 23.0 Å². The van der Waals surface area contributed by atoms with Crippen LogP contribution in [0.15, 0.2) is 59.6 Å². The van der Waals surface area contributed by atoms with Gasteiger partial charge in [0, 0.05) is 23.4 Å². The summed E-state index contributed by atoms with van der Waals surface area (Å²) in [6.45, 7) is 8.56. The zero-order chi connectivity index (χ0) is 22.8. The molecule has 1 aromatic heterocycles. The van der Waals surface area contributed by atoms with E-state index < -0.39 is 0 Å². The molecule has 3 aromatic rings. The Morgan fingerprint density at radius 2 is 1.94 bits per heavy atom. The Bertz CT molecular complexity index is 1200. The van der Waals surface area contributed by atoms with Crippen molar-refractivity contribution in [3.05, 3.63) is 70.8 Å². The van der Waals surface area contributed by atoms with Crippen molar-refractivity contribution in [2.75, 3.05) is 6.61 Å². The lowest BCUT2D eigenvalue weighted by Gasteiger charge is -2.18. The smallest absolute Gasteiger partial charge is 0.266 e. The Balaban J connectivity index is 1.83. The summed E-state index contributed by atoms with van der Waals surface area (Å²) in [6.07, 6.45) is 3.86. The van der Waals surface area contributed by atoms with Crippen LogP contribution in [0, 0.1) is 6.92 Å². The van der Waals surface area contributed by atoms with Crippen LogP contribution in [0.1, 0.15) is 31.9 Å². The molecule has 2 aromatic carbocycles. The topological polar surface area (TPSA) is 47.4 Å². The second kappa shape index (κ2) is 9.30. The molecule has 1 aliphatic heterocycles. The number of amides is 1. The average Bonchev–Trinajstić information content (AvgIpc) is 3.30. The Kier molecular flexibility index (Phi) is 6.48. The molecule has 0 saturated carbocycles. The van der Waals surface area contributed by atoms with Gasteiger partial charge in [-0.05, 0) is 69.7 Å². The monoisotopic (exact) mass is 463 g/mol. The third kappa shape index (κ3) is 4.36. The van der Waals surface area contributed by atoms with Crippen LogP contribution >= 0.6 is 24.0 Å². The van der Waals surface area contributed by atoms with Gasteiger partial charge < -0.3 is 4.74 Å². The Morgan fingerprint density at radius 1 is 1.19 bits per heavy atom. The lowest BCUT2D eigenvalue weighted by molar-refractivity contribution is -0.123. The van der Waals surface area contributed by atoms with E-state index in [0.717, 1.165) is 33.8 Å². The summed E-state index contributed by atoms with van der Waals surface area (Å²) in [5.41, 5.74) is 4.67. The van der Waals surface area contributed by atoms with Crippen molar-refractivity contribution in [2.45, 2.75) is 33.7 Å². The summed E-state index contributed by atoms with van der Waals surface area (Å²) >= 11 is 6.79. The largest absolute Gasteiger partial charge is 0.494 e. The van der Waals surface area contributed by atoms with Crippen molar-refractivity contribution in [1.29, 1.82) is 0 Å². The van der Waals surface area contributed by atoms with Crippen LogP contribution in [0.4, 0.5) is 0 Å². The van der Waals surface area contributed by atoms with E-state index in [4.69, 9.17) is 22.1 Å². The van der Waals surface area contributed by atoms with E-state index >= 15 is 0 Å². The molecule has 164 valence electrons. The molecule has 5 nitrogen and oxygen atoms in total. The Hall–Kier alpha value is -2.90. The molecule has 1 amide bonds. The second-order valence-electron chi connectivity index (χ2n) is 7.77. The standard InChI is InChI=1S/C25H25N3O2S2/c1-5-30-20-11-12-21(17(4)13-20)23-18(15-27(26-23)19-9-7-6-8-10-19)14-22-24(29)28(16(2)3)25(31)32-22/h6-16H,5H2,1-4H3/b22-14-.